The van der Waals surface area contributed by atoms with Crippen LogP contribution < -0.4 is 9.47 Å². The quantitative estimate of drug-likeness (QED) is 0.460. The van der Waals surface area contributed by atoms with E-state index in [1.165, 1.54) is 7.11 Å². The molecule has 7 heteroatoms. The van der Waals surface area contributed by atoms with Gasteiger partial charge in [0.25, 0.3) is 0 Å². The smallest absolute Gasteiger partial charge is 0.345 e. The molecule has 1 aliphatic rings. The van der Waals surface area contributed by atoms with E-state index >= 15 is 0 Å². The van der Waals surface area contributed by atoms with Gasteiger partial charge in [0.15, 0.2) is 11.5 Å². The summed E-state index contributed by atoms with van der Waals surface area (Å²) >= 11 is 3.39. The first kappa shape index (κ1) is 20.5. The molecular formula is C21H23BrO6. The van der Waals surface area contributed by atoms with E-state index in [9.17, 15) is 15.0 Å². The fourth-order valence-electron chi connectivity index (χ4n) is 3.32. The Bertz CT molecular complexity index is 910. The summed E-state index contributed by atoms with van der Waals surface area (Å²) < 4.78 is 16.6. The third-order valence-corrected chi connectivity index (χ3v) is 5.32. The number of fused-ring (bicyclic) bond motifs is 1. The lowest BCUT2D eigenvalue weighted by Gasteiger charge is -2.22. The lowest BCUT2D eigenvalue weighted by atomic mass is 9.96. The highest BCUT2D eigenvalue weighted by Crippen LogP contribution is 2.47. The van der Waals surface area contributed by atoms with Crippen LogP contribution in [0.15, 0.2) is 24.3 Å². The second-order valence-corrected chi connectivity index (χ2v) is 7.39. The number of cyclic esters (lactones) is 1. The molecule has 0 aliphatic carbocycles. The number of methoxy groups -OCH3 is 1. The summed E-state index contributed by atoms with van der Waals surface area (Å²) in [5.74, 6) is -1.63. The minimum Gasteiger partial charge on any atom is -0.504 e. The Labute approximate surface area is 172 Å². The van der Waals surface area contributed by atoms with Crippen molar-refractivity contribution in [3.8, 4) is 23.0 Å². The maximum atomic E-state index is 12.6. The molecule has 1 aliphatic heterocycles. The number of hydrogen-bond donors (Lipinski definition) is 2. The van der Waals surface area contributed by atoms with Gasteiger partial charge < -0.3 is 24.4 Å². The Morgan fingerprint density at radius 1 is 1.25 bits per heavy atom. The third-order valence-electron chi connectivity index (χ3n) is 4.71. The molecule has 0 radical (unpaired) electrons. The van der Waals surface area contributed by atoms with Crippen LogP contribution in [0.3, 0.4) is 0 Å². The molecule has 0 saturated carbocycles. The number of halogens is 1. The predicted octanol–water partition coefficient (Wildman–Crippen LogP) is 4.90. The Morgan fingerprint density at radius 3 is 2.64 bits per heavy atom. The molecule has 0 bridgehead atoms. The van der Waals surface area contributed by atoms with Crippen molar-refractivity contribution in [1.29, 1.82) is 0 Å². The number of phenolic OH excluding ortho intramolecular Hbond substituents is 1. The number of ether oxygens (including phenoxy) is 3. The van der Waals surface area contributed by atoms with Crippen molar-refractivity contribution in [3.05, 3.63) is 46.5 Å². The lowest BCUT2D eigenvalue weighted by Crippen LogP contribution is -2.25. The molecule has 2 N–H and O–H groups in total. The Balaban J connectivity index is 2.13. The number of unbranched alkanes of at least 4 members (excludes halogenated alkanes) is 1. The molecule has 6 nitrogen and oxygen atoms in total. The number of benzene rings is 2. The molecule has 0 amide bonds. The maximum absolute atomic E-state index is 12.6. The molecule has 150 valence electrons. The van der Waals surface area contributed by atoms with Crippen molar-refractivity contribution in [1.82, 2.24) is 0 Å². The van der Waals surface area contributed by atoms with E-state index in [2.05, 4.69) is 15.9 Å². The zero-order valence-corrected chi connectivity index (χ0v) is 17.6. The molecular weight excluding hydrogens is 428 g/mol. The fourth-order valence-corrected chi connectivity index (χ4v) is 3.74. The topological polar surface area (TPSA) is 85.2 Å². The molecule has 0 spiro atoms. The summed E-state index contributed by atoms with van der Waals surface area (Å²) in [5, 5.41) is 21.8. The highest BCUT2D eigenvalue weighted by atomic mass is 79.9. The van der Waals surface area contributed by atoms with Gasteiger partial charge in [-0.05, 0) is 31.0 Å². The highest BCUT2D eigenvalue weighted by molar-refractivity contribution is 9.08. The Kier molecular flexibility index (Phi) is 5.86. The van der Waals surface area contributed by atoms with E-state index < -0.39 is 11.8 Å². The van der Waals surface area contributed by atoms with Gasteiger partial charge in [0.2, 0.25) is 5.79 Å². The normalized spacial score (nSPS) is 18.0. The SMILES string of the molecule is CCCCC1(O)OC(=O)c2c(Oc3c(O)cc(C)cc3CBr)cc(OC)cc21. The van der Waals surface area contributed by atoms with Gasteiger partial charge in [0.1, 0.15) is 17.1 Å². The zero-order valence-electron chi connectivity index (χ0n) is 16.0. The number of rotatable bonds is 7. The number of alkyl halides is 1. The molecule has 28 heavy (non-hydrogen) atoms. The largest absolute Gasteiger partial charge is 0.504 e. The lowest BCUT2D eigenvalue weighted by molar-refractivity contribution is -0.168. The van der Waals surface area contributed by atoms with Gasteiger partial charge in [0.05, 0.1) is 7.11 Å². The van der Waals surface area contributed by atoms with Crippen molar-refractivity contribution >= 4 is 21.9 Å². The van der Waals surface area contributed by atoms with Gasteiger partial charge in [-0.3, -0.25) is 0 Å². The highest BCUT2D eigenvalue weighted by Gasteiger charge is 2.46. The van der Waals surface area contributed by atoms with Gasteiger partial charge in [0, 0.05) is 28.9 Å². The van der Waals surface area contributed by atoms with Gasteiger partial charge in [-0.2, -0.15) is 0 Å². The molecule has 2 aromatic carbocycles. The van der Waals surface area contributed by atoms with Crippen LogP contribution in [0.1, 0.15) is 53.2 Å². The average Bonchev–Trinajstić information content (AvgIpc) is 2.92. The van der Waals surface area contributed by atoms with Crippen LogP contribution in [0.5, 0.6) is 23.0 Å². The molecule has 1 unspecified atom stereocenters. The first-order valence-corrected chi connectivity index (χ1v) is 10.2. The first-order valence-electron chi connectivity index (χ1n) is 9.07. The van der Waals surface area contributed by atoms with Crippen LogP contribution in [-0.2, 0) is 15.9 Å². The maximum Gasteiger partial charge on any atom is 0.345 e. The van der Waals surface area contributed by atoms with Crippen molar-refractivity contribution in [2.45, 2.75) is 44.2 Å². The predicted molar refractivity (Wildman–Crippen MR) is 107 cm³/mol. The number of carbonyl (C=O) groups excluding carboxylic acids is 1. The van der Waals surface area contributed by atoms with Crippen LogP contribution in [0.25, 0.3) is 0 Å². The minimum absolute atomic E-state index is 0.0429. The fraction of sp³-hybridized carbons (Fsp3) is 0.381. The van der Waals surface area contributed by atoms with E-state index in [1.807, 2.05) is 19.9 Å². The molecule has 0 saturated heterocycles. The Morgan fingerprint density at radius 2 is 2.00 bits per heavy atom. The van der Waals surface area contributed by atoms with E-state index in [0.717, 1.165) is 17.5 Å². The third kappa shape index (κ3) is 3.69. The summed E-state index contributed by atoms with van der Waals surface area (Å²) in [7, 11) is 1.49. The van der Waals surface area contributed by atoms with E-state index in [-0.39, 0.29) is 29.2 Å². The average molecular weight is 451 g/mol. The van der Waals surface area contributed by atoms with E-state index in [4.69, 9.17) is 14.2 Å². The summed E-state index contributed by atoms with van der Waals surface area (Å²) in [6, 6.07) is 6.59. The number of hydrogen-bond acceptors (Lipinski definition) is 6. The van der Waals surface area contributed by atoms with Gasteiger partial charge >= 0.3 is 5.97 Å². The monoisotopic (exact) mass is 450 g/mol. The molecule has 2 aromatic rings. The first-order chi connectivity index (χ1) is 13.3. The summed E-state index contributed by atoms with van der Waals surface area (Å²) in [5.41, 5.74) is 2.05. The Hall–Kier alpha value is -2.25. The van der Waals surface area contributed by atoms with Crippen molar-refractivity contribution in [2.24, 2.45) is 0 Å². The van der Waals surface area contributed by atoms with Gasteiger partial charge in [-0.15, -0.1) is 0 Å². The van der Waals surface area contributed by atoms with E-state index in [0.29, 0.717) is 23.1 Å². The van der Waals surface area contributed by atoms with Gasteiger partial charge in [-0.1, -0.05) is 35.3 Å². The van der Waals surface area contributed by atoms with Crippen LogP contribution in [0.2, 0.25) is 0 Å². The van der Waals surface area contributed by atoms with Crippen molar-refractivity contribution in [2.75, 3.05) is 7.11 Å². The van der Waals surface area contributed by atoms with Crippen LogP contribution in [0.4, 0.5) is 0 Å². The summed E-state index contributed by atoms with van der Waals surface area (Å²) in [4.78, 5) is 12.6. The van der Waals surface area contributed by atoms with Crippen molar-refractivity contribution in [3.63, 3.8) is 0 Å². The number of aryl methyl sites for hydroxylation is 1. The molecule has 1 heterocycles. The number of aliphatic hydroxyl groups is 1. The summed E-state index contributed by atoms with van der Waals surface area (Å²) in [6.45, 7) is 3.85. The van der Waals surface area contributed by atoms with E-state index in [1.54, 1.807) is 18.2 Å². The van der Waals surface area contributed by atoms with Gasteiger partial charge in [-0.25, -0.2) is 4.79 Å². The van der Waals surface area contributed by atoms with Crippen LogP contribution in [0, 0.1) is 6.92 Å². The second-order valence-electron chi connectivity index (χ2n) is 6.83. The van der Waals surface area contributed by atoms with Crippen LogP contribution >= 0.6 is 15.9 Å². The summed E-state index contributed by atoms with van der Waals surface area (Å²) in [6.07, 6.45) is 1.80. The molecule has 1 atom stereocenters. The number of phenols is 1. The number of carbonyl (C=O) groups is 1. The zero-order chi connectivity index (χ0) is 20.5. The van der Waals surface area contributed by atoms with Crippen LogP contribution in [-0.4, -0.2) is 23.3 Å². The number of aromatic hydroxyl groups is 1. The second kappa shape index (κ2) is 8.01. The molecule has 3 rings (SSSR count). The van der Waals surface area contributed by atoms with Crippen molar-refractivity contribution < 1.29 is 29.2 Å². The standard InChI is InChI=1S/C21H23BrO6/c1-4-5-6-21(25)15-9-14(26-3)10-17(18(15)20(24)28-21)27-19-13(11-22)7-12(2)8-16(19)23/h7-10,23,25H,4-6,11H2,1-3H3. The molecule has 0 fully saturated rings. The number of esters is 1. The molecule has 0 aromatic heterocycles. The minimum atomic E-state index is -1.72.